The quantitative estimate of drug-likeness (QED) is 0.887. The van der Waals surface area contributed by atoms with Crippen molar-refractivity contribution in [3.05, 3.63) is 82.7 Å². The van der Waals surface area contributed by atoms with E-state index in [0.29, 0.717) is 0 Å². The first kappa shape index (κ1) is 15.7. The average molecular weight is 331 g/mol. The standard InChI is InChI=1S/C21H21N3O/c1-13-7-9-16(10-8-13)20-15(3)23-24-18(12-19(25)22-21(20)24)17-6-4-5-14(2)11-17/h4-12,15,23H,1-3H3,(H,22,25). The van der Waals surface area contributed by atoms with Crippen molar-refractivity contribution in [1.82, 2.24) is 15.8 Å². The number of benzene rings is 2. The molecule has 0 saturated carbocycles. The number of nitrogens with one attached hydrogen (secondary N) is 2. The molecule has 2 aromatic carbocycles. The van der Waals surface area contributed by atoms with Gasteiger partial charge in [-0.3, -0.25) is 9.80 Å². The van der Waals surface area contributed by atoms with Crippen molar-refractivity contribution < 1.29 is 4.79 Å². The fraction of sp³-hybridized carbons (Fsp3) is 0.190. The summed E-state index contributed by atoms with van der Waals surface area (Å²) in [6, 6.07) is 16.7. The van der Waals surface area contributed by atoms with Gasteiger partial charge in [0.05, 0.1) is 11.7 Å². The Morgan fingerprint density at radius 3 is 2.44 bits per heavy atom. The van der Waals surface area contributed by atoms with Gasteiger partial charge in [-0.15, -0.1) is 0 Å². The van der Waals surface area contributed by atoms with Crippen molar-refractivity contribution in [2.45, 2.75) is 26.8 Å². The summed E-state index contributed by atoms with van der Waals surface area (Å²) in [5.74, 6) is 0.726. The Morgan fingerprint density at radius 2 is 1.72 bits per heavy atom. The van der Waals surface area contributed by atoms with Gasteiger partial charge in [-0.25, -0.2) is 5.43 Å². The van der Waals surface area contributed by atoms with E-state index in [2.05, 4.69) is 67.9 Å². The van der Waals surface area contributed by atoms with Crippen molar-refractivity contribution in [1.29, 1.82) is 0 Å². The second kappa shape index (κ2) is 5.90. The first-order valence-corrected chi connectivity index (χ1v) is 8.50. The van der Waals surface area contributed by atoms with Crippen molar-refractivity contribution in [2.24, 2.45) is 0 Å². The maximum atomic E-state index is 12.3. The number of amides is 1. The predicted octanol–water partition coefficient (Wildman–Crippen LogP) is 3.35. The fourth-order valence-corrected chi connectivity index (χ4v) is 3.44. The molecule has 4 nitrogen and oxygen atoms in total. The van der Waals surface area contributed by atoms with Crippen molar-refractivity contribution in [2.75, 3.05) is 0 Å². The number of hydrazine groups is 1. The minimum Gasteiger partial charge on any atom is -0.307 e. The Morgan fingerprint density at radius 1 is 0.960 bits per heavy atom. The Kier molecular flexibility index (Phi) is 3.70. The van der Waals surface area contributed by atoms with Gasteiger partial charge in [0, 0.05) is 17.2 Å². The van der Waals surface area contributed by atoms with Gasteiger partial charge in [-0.2, -0.15) is 0 Å². The van der Waals surface area contributed by atoms with Gasteiger partial charge in [-0.1, -0.05) is 53.6 Å². The van der Waals surface area contributed by atoms with Crippen LogP contribution in [0.3, 0.4) is 0 Å². The lowest BCUT2D eigenvalue weighted by Gasteiger charge is -2.29. The topological polar surface area (TPSA) is 44.4 Å². The van der Waals surface area contributed by atoms with Gasteiger partial charge in [0.2, 0.25) is 0 Å². The highest BCUT2D eigenvalue weighted by molar-refractivity contribution is 6.00. The summed E-state index contributed by atoms with van der Waals surface area (Å²) in [5, 5.41) is 5.01. The van der Waals surface area contributed by atoms with Gasteiger partial charge in [0.15, 0.2) is 0 Å². The van der Waals surface area contributed by atoms with Crippen LogP contribution in [0, 0.1) is 13.8 Å². The molecule has 0 bridgehead atoms. The van der Waals surface area contributed by atoms with Crippen molar-refractivity contribution >= 4 is 17.2 Å². The molecule has 0 spiro atoms. The second-order valence-corrected chi connectivity index (χ2v) is 6.70. The van der Waals surface area contributed by atoms with E-state index >= 15 is 0 Å². The van der Waals surface area contributed by atoms with Gasteiger partial charge < -0.3 is 5.32 Å². The second-order valence-electron chi connectivity index (χ2n) is 6.70. The number of hydrogen-bond donors (Lipinski definition) is 2. The fourth-order valence-electron chi connectivity index (χ4n) is 3.44. The lowest BCUT2D eigenvalue weighted by molar-refractivity contribution is -0.116. The van der Waals surface area contributed by atoms with Crippen LogP contribution in [0.25, 0.3) is 11.3 Å². The molecule has 2 N–H and O–H groups in total. The van der Waals surface area contributed by atoms with E-state index < -0.39 is 0 Å². The minimum absolute atomic E-state index is 0.0942. The van der Waals surface area contributed by atoms with Crippen LogP contribution in [0.2, 0.25) is 0 Å². The van der Waals surface area contributed by atoms with E-state index in [0.717, 1.165) is 28.2 Å². The van der Waals surface area contributed by atoms with E-state index in [-0.39, 0.29) is 11.9 Å². The van der Waals surface area contributed by atoms with Gasteiger partial charge >= 0.3 is 0 Å². The Hall–Kier alpha value is -2.85. The summed E-state index contributed by atoms with van der Waals surface area (Å²) in [6.07, 6.45) is 1.65. The molecule has 2 aliphatic rings. The van der Waals surface area contributed by atoms with Crippen LogP contribution in [-0.4, -0.2) is 17.0 Å². The summed E-state index contributed by atoms with van der Waals surface area (Å²) >= 11 is 0. The molecular formula is C21H21N3O. The zero-order valence-electron chi connectivity index (χ0n) is 14.6. The Labute approximate surface area is 147 Å². The normalized spacial score (nSPS) is 19.6. The number of carbonyl (C=O) groups excluding carboxylic acids is 1. The van der Waals surface area contributed by atoms with E-state index in [1.165, 1.54) is 11.1 Å². The molecule has 2 aromatic rings. The first-order chi connectivity index (χ1) is 12.0. The molecule has 1 atom stereocenters. The number of aryl methyl sites for hydroxylation is 2. The highest BCUT2D eigenvalue weighted by Gasteiger charge is 2.35. The molecule has 0 saturated heterocycles. The Balaban J connectivity index is 1.82. The molecule has 126 valence electrons. The maximum absolute atomic E-state index is 12.3. The van der Waals surface area contributed by atoms with E-state index in [1.54, 1.807) is 6.08 Å². The van der Waals surface area contributed by atoms with Crippen LogP contribution in [0.15, 0.2) is 60.4 Å². The van der Waals surface area contributed by atoms with E-state index in [9.17, 15) is 4.79 Å². The van der Waals surface area contributed by atoms with Gasteiger partial charge in [0.1, 0.15) is 5.82 Å². The molecule has 0 aliphatic carbocycles. The lowest BCUT2D eigenvalue weighted by atomic mass is 9.99. The zero-order valence-corrected chi connectivity index (χ0v) is 14.6. The van der Waals surface area contributed by atoms with Crippen LogP contribution < -0.4 is 10.7 Å². The van der Waals surface area contributed by atoms with E-state index in [4.69, 9.17) is 0 Å². The number of fused-ring (bicyclic) bond motifs is 1. The van der Waals surface area contributed by atoms with Crippen LogP contribution >= 0.6 is 0 Å². The molecule has 2 heterocycles. The lowest BCUT2D eigenvalue weighted by Crippen LogP contribution is -2.42. The third-order valence-corrected chi connectivity index (χ3v) is 4.66. The van der Waals surface area contributed by atoms with Crippen LogP contribution in [0.4, 0.5) is 0 Å². The van der Waals surface area contributed by atoms with Crippen molar-refractivity contribution in [3.63, 3.8) is 0 Å². The molecule has 0 radical (unpaired) electrons. The largest absolute Gasteiger partial charge is 0.307 e. The molecule has 0 fully saturated rings. The summed E-state index contributed by atoms with van der Waals surface area (Å²) in [5.41, 5.74) is 9.99. The SMILES string of the molecule is Cc1ccc(C2=C3NC(=O)C=C(c4cccc(C)c4)N3NC2C)cc1. The van der Waals surface area contributed by atoms with Gasteiger partial charge in [-0.05, 0) is 32.4 Å². The number of carbonyl (C=O) groups is 1. The van der Waals surface area contributed by atoms with Crippen LogP contribution in [-0.2, 0) is 4.79 Å². The summed E-state index contributed by atoms with van der Waals surface area (Å²) < 4.78 is 0. The predicted molar refractivity (Wildman–Crippen MR) is 99.8 cm³/mol. The molecule has 4 rings (SSSR count). The third kappa shape index (κ3) is 2.75. The smallest absolute Gasteiger partial charge is 0.251 e. The molecule has 1 unspecified atom stereocenters. The first-order valence-electron chi connectivity index (χ1n) is 8.50. The molecule has 2 aliphatic heterocycles. The summed E-state index contributed by atoms with van der Waals surface area (Å²) in [4.78, 5) is 12.3. The number of hydrogen-bond acceptors (Lipinski definition) is 3. The molecule has 1 amide bonds. The number of rotatable bonds is 2. The van der Waals surface area contributed by atoms with E-state index in [1.807, 2.05) is 17.1 Å². The molecule has 0 aromatic heterocycles. The maximum Gasteiger partial charge on any atom is 0.251 e. The average Bonchev–Trinajstić information content (AvgIpc) is 2.91. The van der Waals surface area contributed by atoms with Gasteiger partial charge in [0.25, 0.3) is 5.91 Å². The minimum atomic E-state index is -0.0942. The highest BCUT2D eigenvalue weighted by atomic mass is 16.1. The molecular weight excluding hydrogens is 310 g/mol. The Bertz CT molecular complexity index is 909. The molecule has 25 heavy (non-hydrogen) atoms. The molecule has 4 heteroatoms. The zero-order chi connectivity index (χ0) is 17.6. The van der Waals surface area contributed by atoms with Crippen molar-refractivity contribution in [3.8, 4) is 0 Å². The highest BCUT2D eigenvalue weighted by Crippen LogP contribution is 2.35. The summed E-state index contributed by atoms with van der Waals surface area (Å²) in [7, 11) is 0. The number of nitrogens with zero attached hydrogens (tertiary/aromatic N) is 1. The van der Waals surface area contributed by atoms with Crippen LogP contribution in [0.5, 0.6) is 0 Å². The summed E-state index contributed by atoms with van der Waals surface area (Å²) in [6.45, 7) is 6.24. The monoisotopic (exact) mass is 331 g/mol. The van der Waals surface area contributed by atoms with Crippen LogP contribution in [0.1, 0.15) is 29.2 Å². The third-order valence-electron chi connectivity index (χ3n) is 4.66.